The van der Waals surface area contributed by atoms with Crippen LogP contribution in [-0.2, 0) is 19.1 Å². The lowest BCUT2D eigenvalue weighted by Gasteiger charge is -2.73. The Morgan fingerprint density at radius 2 is 1.58 bits per heavy atom. The number of esters is 1. The van der Waals surface area contributed by atoms with Gasteiger partial charge in [-0.05, 0) is 141 Å². The van der Waals surface area contributed by atoms with E-state index < -0.39 is 11.4 Å². The zero-order valence-corrected chi connectivity index (χ0v) is 32.7. The van der Waals surface area contributed by atoms with E-state index >= 15 is 0 Å². The number of allylic oxidation sites excluding steroid dienone is 1. The first-order valence-electron chi connectivity index (χ1n) is 20.2. The average molecular weight is 696 g/mol. The van der Waals surface area contributed by atoms with Gasteiger partial charge in [0.05, 0.1) is 25.5 Å². The summed E-state index contributed by atoms with van der Waals surface area (Å²) in [6.45, 7) is 23.8. The SMILES string of the molecule is C=C(C)[C@@H]1CC[C@]2(CC(=O)N3CCC[C@H]3CO)CC[C@]3(C)[C@H](CC[C@@H]4[C@@]5(C)CC[C@H](OC(=O)CC(C)(C)CC(=O)O)C(C)(C)[C@@H]5CC[C@]43C)[C@@H]12. The Hall–Kier alpha value is -1.89. The fraction of sp³-hybridized carbons (Fsp3) is 0.884. The van der Waals surface area contributed by atoms with E-state index in [4.69, 9.17) is 4.74 Å². The molecular formula is C43H69NO6. The Morgan fingerprint density at radius 3 is 2.24 bits per heavy atom. The number of hydrogen-bond acceptors (Lipinski definition) is 5. The molecule has 6 fully saturated rings. The van der Waals surface area contributed by atoms with Crippen molar-refractivity contribution in [1.29, 1.82) is 0 Å². The summed E-state index contributed by atoms with van der Waals surface area (Å²) in [7, 11) is 0. The average Bonchev–Trinajstić information content (AvgIpc) is 3.63. The number of aliphatic carboxylic acids is 1. The molecule has 50 heavy (non-hydrogen) atoms. The topological polar surface area (TPSA) is 104 Å². The Morgan fingerprint density at radius 1 is 0.860 bits per heavy atom. The lowest BCUT2D eigenvalue weighted by Crippen LogP contribution is -2.67. The third-order valence-corrected chi connectivity index (χ3v) is 17.1. The number of hydrogen-bond donors (Lipinski definition) is 2. The van der Waals surface area contributed by atoms with Crippen molar-refractivity contribution >= 4 is 17.8 Å². The third kappa shape index (κ3) is 5.90. The number of nitrogens with zero attached hydrogens (tertiary/aromatic N) is 1. The molecule has 0 aromatic rings. The molecular weight excluding hydrogens is 626 g/mol. The van der Waals surface area contributed by atoms with Gasteiger partial charge in [0, 0.05) is 18.4 Å². The van der Waals surface area contributed by atoms with Crippen LogP contribution >= 0.6 is 0 Å². The maximum atomic E-state index is 14.0. The molecule has 1 amide bonds. The van der Waals surface area contributed by atoms with Crippen molar-refractivity contribution in [3.63, 3.8) is 0 Å². The lowest BCUT2D eigenvalue weighted by molar-refractivity contribution is -0.250. The van der Waals surface area contributed by atoms with Crippen molar-refractivity contribution in [3.8, 4) is 0 Å². The highest BCUT2D eigenvalue weighted by atomic mass is 16.5. The second kappa shape index (κ2) is 12.9. The van der Waals surface area contributed by atoms with Crippen molar-refractivity contribution in [2.75, 3.05) is 13.2 Å². The van der Waals surface area contributed by atoms with E-state index in [1.54, 1.807) is 0 Å². The first-order valence-corrected chi connectivity index (χ1v) is 20.2. The van der Waals surface area contributed by atoms with E-state index in [0.717, 1.165) is 57.9 Å². The maximum Gasteiger partial charge on any atom is 0.306 e. The second-order valence-electron chi connectivity index (χ2n) is 20.5. The van der Waals surface area contributed by atoms with Gasteiger partial charge in [0.15, 0.2) is 0 Å². The first-order chi connectivity index (χ1) is 23.2. The molecule has 0 radical (unpaired) electrons. The molecule has 282 valence electrons. The van der Waals surface area contributed by atoms with Gasteiger partial charge in [-0.15, -0.1) is 0 Å². The van der Waals surface area contributed by atoms with Crippen molar-refractivity contribution < 1.29 is 29.3 Å². The van der Waals surface area contributed by atoms with Gasteiger partial charge >= 0.3 is 11.9 Å². The molecule has 11 atom stereocenters. The Kier molecular flexibility index (Phi) is 9.77. The third-order valence-electron chi connectivity index (χ3n) is 17.1. The number of amides is 1. The summed E-state index contributed by atoms with van der Waals surface area (Å²) in [5, 5.41) is 19.4. The van der Waals surface area contributed by atoms with E-state index in [2.05, 4.69) is 48.1 Å². The molecule has 1 aliphatic heterocycles. The van der Waals surface area contributed by atoms with Crippen LogP contribution in [0.15, 0.2) is 12.2 Å². The number of carboxylic acid groups (broad SMARTS) is 1. The number of fused-ring (bicyclic) bond motifs is 7. The number of likely N-dealkylation sites (tertiary alicyclic amines) is 1. The fourth-order valence-corrected chi connectivity index (χ4v) is 14.6. The number of rotatable bonds is 9. The number of carboxylic acids is 1. The van der Waals surface area contributed by atoms with Gasteiger partial charge in [0.2, 0.25) is 5.91 Å². The normalized spacial score (nSPS) is 43.6. The summed E-state index contributed by atoms with van der Waals surface area (Å²) in [6.07, 6.45) is 13.7. The predicted octanol–water partition coefficient (Wildman–Crippen LogP) is 8.82. The minimum Gasteiger partial charge on any atom is -0.481 e. The van der Waals surface area contributed by atoms with Crippen molar-refractivity contribution in [1.82, 2.24) is 4.90 Å². The quantitative estimate of drug-likeness (QED) is 0.185. The van der Waals surface area contributed by atoms with Gasteiger partial charge < -0.3 is 19.8 Å². The van der Waals surface area contributed by atoms with Crippen molar-refractivity contribution in [2.24, 2.45) is 62.1 Å². The molecule has 7 nitrogen and oxygen atoms in total. The summed E-state index contributed by atoms with van der Waals surface area (Å²) >= 11 is 0. The molecule has 5 aliphatic carbocycles. The van der Waals surface area contributed by atoms with Crippen LogP contribution in [0, 0.1) is 62.1 Å². The van der Waals surface area contributed by atoms with Gasteiger partial charge in [-0.2, -0.15) is 0 Å². The predicted molar refractivity (Wildman–Crippen MR) is 196 cm³/mol. The van der Waals surface area contributed by atoms with E-state index in [0.29, 0.717) is 36.0 Å². The van der Waals surface area contributed by atoms with Crippen LogP contribution in [0.4, 0.5) is 0 Å². The van der Waals surface area contributed by atoms with Crippen molar-refractivity contribution in [2.45, 2.75) is 164 Å². The Balaban J connectivity index is 1.24. The highest BCUT2D eigenvalue weighted by Gasteiger charge is 2.71. The molecule has 1 heterocycles. The van der Waals surface area contributed by atoms with Crippen LogP contribution in [0.5, 0.6) is 0 Å². The largest absolute Gasteiger partial charge is 0.481 e. The van der Waals surface area contributed by atoms with Crippen LogP contribution in [-0.4, -0.2) is 58.3 Å². The zero-order chi connectivity index (χ0) is 36.7. The fourth-order valence-electron chi connectivity index (χ4n) is 14.6. The molecule has 2 N–H and O–H groups in total. The summed E-state index contributed by atoms with van der Waals surface area (Å²) in [6, 6.07) is -0.0125. The van der Waals surface area contributed by atoms with Gasteiger partial charge in [-0.1, -0.05) is 60.6 Å². The summed E-state index contributed by atoms with van der Waals surface area (Å²) in [5.41, 5.74) is 1.05. The zero-order valence-electron chi connectivity index (χ0n) is 32.7. The van der Waals surface area contributed by atoms with Crippen molar-refractivity contribution in [3.05, 3.63) is 12.2 Å². The molecule has 0 bridgehead atoms. The number of aliphatic hydroxyl groups excluding tert-OH is 1. The molecule has 1 saturated heterocycles. The van der Waals surface area contributed by atoms with Gasteiger partial charge in [0.1, 0.15) is 6.10 Å². The van der Waals surface area contributed by atoms with Gasteiger partial charge in [-0.3, -0.25) is 14.4 Å². The molecule has 0 spiro atoms. The maximum absolute atomic E-state index is 14.0. The monoisotopic (exact) mass is 696 g/mol. The lowest BCUT2D eigenvalue weighted by atomic mass is 9.32. The molecule has 6 aliphatic rings. The van der Waals surface area contributed by atoms with Gasteiger partial charge in [0.25, 0.3) is 0 Å². The number of ether oxygens (including phenoxy) is 1. The van der Waals surface area contributed by atoms with Crippen LogP contribution < -0.4 is 0 Å². The van der Waals surface area contributed by atoms with Crippen LogP contribution in [0.2, 0.25) is 0 Å². The highest BCUT2D eigenvalue weighted by Crippen LogP contribution is 2.78. The van der Waals surface area contributed by atoms with E-state index in [1.165, 1.54) is 31.3 Å². The Labute approximate surface area is 302 Å². The van der Waals surface area contributed by atoms with E-state index in [9.17, 15) is 24.6 Å². The number of carbonyl (C=O) groups is 3. The van der Waals surface area contributed by atoms with Crippen LogP contribution in [0.25, 0.3) is 0 Å². The second-order valence-corrected chi connectivity index (χ2v) is 20.5. The highest BCUT2D eigenvalue weighted by molar-refractivity contribution is 5.78. The molecule has 6 rings (SSSR count). The number of aliphatic hydroxyl groups is 1. The summed E-state index contributed by atoms with van der Waals surface area (Å²) in [5.74, 6) is 1.68. The smallest absolute Gasteiger partial charge is 0.306 e. The molecule has 7 heteroatoms. The standard InChI is InChI=1S/C43H69NO6/c1-27(2)29-14-19-43(23-34(46)44-22-10-11-28(44)26-45)21-20-41(8)30(37(29)43)12-13-32-40(7)17-16-33(39(5,6)31(40)15-18-42(32,41)9)50-36(49)25-38(3,4)24-35(47)48/h28-33,37,45H,1,10-26H2,2-9H3,(H,47,48)/t28-,29-,30+,31-,32+,33-,37+,40-,41+,42+,43+/m0/s1. The molecule has 0 aromatic carbocycles. The molecule has 0 aromatic heterocycles. The van der Waals surface area contributed by atoms with E-state index in [1.807, 2.05) is 18.7 Å². The molecule has 5 saturated carbocycles. The Bertz CT molecular complexity index is 1370. The van der Waals surface area contributed by atoms with Crippen LogP contribution in [0.1, 0.15) is 152 Å². The molecule has 0 unspecified atom stereocenters. The minimum absolute atomic E-state index is 0.0125. The van der Waals surface area contributed by atoms with Gasteiger partial charge in [-0.25, -0.2) is 0 Å². The summed E-state index contributed by atoms with van der Waals surface area (Å²) < 4.78 is 6.27. The van der Waals surface area contributed by atoms with Crippen LogP contribution in [0.3, 0.4) is 0 Å². The number of carbonyl (C=O) groups excluding carboxylic acids is 2. The minimum atomic E-state index is -0.885. The van der Waals surface area contributed by atoms with E-state index in [-0.39, 0.29) is 70.5 Å². The summed E-state index contributed by atoms with van der Waals surface area (Å²) in [4.78, 5) is 40.7. The first kappa shape index (κ1) is 37.9.